The first-order valence-corrected chi connectivity index (χ1v) is 3.76. The number of nitrogens with two attached hydrogens (primary N) is 1. The molecule has 13 heavy (non-hydrogen) atoms. The Morgan fingerprint density at radius 3 is 2.08 bits per heavy atom. The average molecular weight is 195 g/mol. The van der Waals surface area contributed by atoms with Gasteiger partial charge in [-0.25, -0.2) is 0 Å². The predicted octanol–water partition coefficient (Wildman–Crippen LogP) is -3.94. The largest absolute Gasteiger partial charge is 0.388 e. The number of aliphatic hydroxyl groups is 5. The fourth-order valence-corrected chi connectivity index (χ4v) is 1.17. The molecule has 0 radical (unpaired) electrons. The molecule has 0 aliphatic carbocycles. The van der Waals surface area contributed by atoms with Gasteiger partial charge in [0.05, 0.1) is 6.04 Å². The van der Waals surface area contributed by atoms with E-state index in [0.717, 1.165) is 0 Å². The molecule has 1 rings (SSSR count). The first-order valence-electron chi connectivity index (χ1n) is 3.76. The molecule has 1 fully saturated rings. The Morgan fingerprint density at radius 1 is 1.08 bits per heavy atom. The summed E-state index contributed by atoms with van der Waals surface area (Å²) in [6.45, 7) is 0. The second-order valence-electron chi connectivity index (χ2n) is 2.96. The van der Waals surface area contributed by atoms with Gasteiger partial charge in [-0.15, -0.1) is 0 Å². The maximum absolute atomic E-state index is 9.21. The Morgan fingerprint density at radius 2 is 1.62 bits per heavy atom. The van der Waals surface area contributed by atoms with Gasteiger partial charge in [0, 0.05) is 0 Å². The highest BCUT2D eigenvalue weighted by Crippen LogP contribution is 2.19. The molecule has 0 aromatic rings. The highest BCUT2D eigenvalue weighted by Gasteiger charge is 2.44. The summed E-state index contributed by atoms with van der Waals surface area (Å²) in [7, 11) is 0. The monoisotopic (exact) mass is 195 g/mol. The van der Waals surface area contributed by atoms with Gasteiger partial charge in [0.2, 0.25) is 0 Å². The third-order valence-electron chi connectivity index (χ3n) is 2.00. The van der Waals surface area contributed by atoms with Crippen LogP contribution >= 0.6 is 0 Å². The summed E-state index contributed by atoms with van der Waals surface area (Å²) < 4.78 is 4.56. The molecule has 1 saturated heterocycles. The molecule has 0 saturated carbocycles. The van der Waals surface area contributed by atoms with E-state index in [1.807, 2.05) is 0 Å². The van der Waals surface area contributed by atoms with Crippen LogP contribution in [0.2, 0.25) is 0 Å². The first kappa shape index (κ1) is 10.8. The van der Waals surface area contributed by atoms with Crippen molar-refractivity contribution in [3.05, 3.63) is 0 Å². The minimum Gasteiger partial charge on any atom is -0.388 e. The zero-order valence-corrected chi connectivity index (χ0v) is 6.69. The molecule has 7 nitrogen and oxygen atoms in total. The van der Waals surface area contributed by atoms with Crippen molar-refractivity contribution in [3.8, 4) is 0 Å². The van der Waals surface area contributed by atoms with Crippen LogP contribution in [0.5, 0.6) is 0 Å². The Balaban J connectivity index is 2.70. The number of ether oxygens (including phenoxy) is 1. The third kappa shape index (κ3) is 1.97. The van der Waals surface area contributed by atoms with Crippen LogP contribution in [0.25, 0.3) is 0 Å². The third-order valence-corrected chi connectivity index (χ3v) is 2.00. The molecule has 1 unspecified atom stereocenters. The van der Waals surface area contributed by atoms with Gasteiger partial charge in [0.15, 0.2) is 12.6 Å². The molecule has 5 atom stereocenters. The molecule has 1 aliphatic heterocycles. The summed E-state index contributed by atoms with van der Waals surface area (Å²) in [6, 6.07) is -1.16. The quantitative estimate of drug-likeness (QED) is 0.235. The summed E-state index contributed by atoms with van der Waals surface area (Å²) in [5.74, 6) is 0. The number of aliphatic hydroxyl groups excluding tert-OH is 4. The Hall–Kier alpha value is -0.280. The lowest BCUT2D eigenvalue weighted by molar-refractivity contribution is -0.289. The summed E-state index contributed by atoms with van der Waals surface area (Å²) >= 11 is 0. The number of hydrogen-bond acceptors (Lipinski definition) is 7. The molecule has 0 spiro atoms. The first-order chi connectivity index (χ1) is 5.95. The number of rotatable bonds is 1. The second kappa shape index (κ2) is 3.84. The highest BCUT2D eigenvalue weighted by molar-refractivity contribution is 4.91. The highest BCUT2D eigenvalue weighted by atomic mass is 16.6. The topological polar surface area (TPSA) is 136 Å². The van der Waals surface area contributed by atoms with E-state index >= 15 is 0 Å². The van der Waals surface area contributed by atoms with Crippen LogP contribution in [0.3, 0.4) is 0 Å². The van der Waals surface area contributed by atoms with Gasteiger partial charge in [0.25, 0.3) is 0 Å². The molecular weight excluding hydrogens is 182 g/mol. The Labute approximate surface area is 74.0 Å². The molecule has 78 valence electrons. The van der Waals surface area contributed by atoms with Gasteiger partial charge < -0.3 is 36.0 Å². The van der Waals surface area contributed by atoms with Crippen molar-refractivity contribution in [1.82, 2.24) is 0 Å². The molecule has 7 heteroatoms. The van der Waals surface area contributed by atoms with Crippen molar-refractivity contribution in [3.63, 3.8) is 0 Å². The van der Waals surface area contributed by atoms with Crippen LogP contribution in [0.4, 0.5) is 0 Å². The van der Waals surface area contributed by atoms with Gasteiger partial charge in [-0.3, -0.25) is 0 Å². The van der Waals surface area contributed by atoms with Crippen molar-refractivity contribution < 1.29 is 30.3 Å². The van der Waals surface area contributed by atoms with Gasteiger partial charge in [-0.2, -0.15) is 0 Å². The van der Waals surface area contributed by atoms with Gasteiger partial charge in [-0.05, 0) is 0 Å². The normalized spacial score (nSPS) is 46.8. The lowest BCUT2D eigenvalue weighted by atomic mass is 9.97. The average Bonchev–Trinajstić information content (AvgIpc) is 2.07. The second-order valence-corrected chi connectivity index (χ2v) is 2.96. The van der Waals surface area contributed by atoms with Crippen molar-refractivity contribution in [2.75, 3.05) is 0 Å². The van der Waals surface area contributed by atoms with Gasteiger partial charge in [0.1, 0.15) is 18.3 Å². The maximum atomic E-state index is 9.21. The zero-order valence-electron chi connectivity index (χ0n) is 6.69. The van der Waals surface area contributed by atoms with Crippen LogP contribution in [-0.2, 0) is 4.74 Å². The molecule has 1 aliphatic rings. The van der Waals surface area contributed by atoms with Crippen LogP contribution in [0.1, 0.15) is 0 Å². The van der Waals surface area contributed by atoms with E-state index in [9.17, 15) is 10.2 Å². The Bertz CT molecular complexity index is 177. The van der Waals surface area contributed by atoms with Gasteiger partial charge in [-0.1, -0.05) is 0 Å². The zero-order chi connectivity index (χ0) is 10.2. The van der Waals surface area contributed by atoms with Crippen molar-refractivity contribution in [2.45, 2.75) is 36.9 Å². The lowest BCUT2D eigenvalue weighted by Gasteiger charge is -2.39. The van der Waals surface area contributed by atoms with Crippen molar-refractivity contribution in [1.29, 1.82) is 0 Å². The fraction of sp³-hybridized carbons (Fsp3) is 1.00. The van der Waals surface area contributed by atoms with Crippen LogP contribution in [-0.4, -0.2) is 62.5 Å². The van der Waals surface area contributed by atoms with Crippen molar-refractivity contribution in [2.24, 2.45) is 5.73 Å². The van der Waals surface area contributed by atoms with E-state index in [1.54, 1.807) is 0 Å². The van der Waals surface area contributed by atoms with Gasteiger partial charge >= 0.3 is 0 Å². The smallest absolute Gasteiger partial charge is 0.181 e. The van der Waals surface area contributed by atoms with Crippen LogP contribution in [0, 0.1) is 0 Å². The Kier molecular flexibility index (Phi) is 3.19. The summed E-state index contributed by atoms with van der Waals surface area (Å²) in [5.41, 5.74) is 5.23. The minimum absolute atomic E-state index is 1.16. The van der Waals surface area contributed by atoms with Crippen LogP contribution in [0.15, 0.2) is 0 Å². The van der Waals surface area contributed by atoms with E-state index in [0.29, 0.717) is 0 Å². The van der Waals surface area contributed by atoms with E-state index < -0.39 is 36.9 Å². The standard InChI is InChI=1S/C6H13NO6/c7-1-2(8)3(9)4(5(10)11)13-6(1)12/h1-6,8-12H,7H2/t1-,2-,3+,4+,6?/m1/s1. The minimum atomic E-state index is -1.98. The van der Waals surface area contributed by atoms with E-state index in [1.165, 1.54) is 0 Å². The predicted molar refractivity (Wildman–Crippen MR) is 39.1 cm³/mol. The molecule has 1 heterocycles. The molecule has 0 aromatic heterocycles. The SMILES string of the molecule is N[C@H]1C(O)O[C@H](C(O)O)[C@@H](O)[C@@H]1O. The molecule has 0 amide bonds. The summed E-state index contributed by atoms with van der Waals surface area (Å²) in [5, 5.41) is 44.8. The van der Waals surface area contributed by atoms with E-state index in [-0.39, 0.29) is 0 Å². The lowest BCUT2D eigenvalue weighted by Crippen LogP contribution is -2.63. The molecular formula is C6H13NO6. The summed E-state index contributed by atoms with van der Waals surface area (Å²) in [6.07, 6.45) is -7.93. The maximum Gasteiger partial charge on any atom is 0.181 e. The van der Waals surface area contributed by atoms with Crippen LogP contribution < -0.4 is 5.73 Å². The van der Waals surface area contributed by atoms with E-state index in [2.05, 4.69) is 4.74 Å². The van der Waals surface area contributed by atoms with E-state index in [4.69, 9.17) is 21.1 Å². The molecule has 0 bridgehead atoms. The van der Waals surface area contributed by atoms with Crippen molar-refractivity contribution >= 4 is 0 Å². The molecule has 0 aromatic carbocycles. The fourth-order valence-electron chi connectivity index (χ4n) is 1.17. The molecule has 7 N–H and O–H groups in total. The number of hydrogen-bond donors (Lipinski definition) is 6. The summed E-state index contributed by atoms with van der Waals surface area (Å²) in [4.78, 5) is 0.